The minimum atomic E-state index is 0.191. The van der Waals surface area contributed by atoms with Gasteiger partial charge in [-0.25, -0.2) is 4.98 Å². The largest absolute Gasteiger partial charge is 0.339 e. The Kier molecular flexibility index (Phi) is 5.07. The maximum atomic E-state index is 5.51. The molecule has 0 aliphatic rings. The summed E-state index contributed by atoms with van der Waals surface area (Å²) in [6.45, 7) is 11.5. The predicted octanol–water partition coefficient (Wildman–Crippen LogP) is 3.18. The summed E-state index contributed by atoms with van der Waals surface area (Å²) in [5.74, 6) is 1.84. The molecule has 0 saturated carbocycles. The van der Waals surface area contributed by atoms with Crippen LogP contribution in [-0.4, -0.2) is 27.7 Å². The van der Waals surface area contributed by atoms with Crippen LogP contribution >= 0.6 is 0 Å². The molecule has 1 N–H and O–H groups in total. The van der Waals surface area contributed by atoms with Gasteiger partial charge in [0.25, 0.3) is 0 Å². The molecular formula is C16H24N4O. The maximum Gasteiger partial charge on any atom is 0.231 e. The summed E-state index contributed by atoms with van der Waals surface area (Å²) >= 11 is 0. The van der Waals surface area contributed by atoms with Gasteiger partial charge >= 0.3 is 0 Å². The Balaban J connectivity index is 2.28. The van der Waals surface area contributed by atoms with E-state index in [1.54, 1.807) is 0 Å². The standard InChI is InChI=1S/C16H24N4O/c1-6-17-12(5)14(10(2)3)16-19-15(20-21-16)13-9-7-8-11(4)18-13/h7-10,12,14,17H,6H2,1-5H3. The molecule has 2 rings (SSSR count). The lowest BCUT2D eigenvalue weighted by Crippen LogP contribution is -2.34. The lowest BCUT2D eigenvalue weighted by atomic mass is 9.89. The van der Waals surface area contributed by atoms with Gasteiger partial charge in [0, 0.05) is 11.7 Å². The Bertz CT molecular complexity index is 579. The Morgan fingerprint density at radius 1 is 1.19 bits per heavy atom. The van der Waals surface area contributed by atoms with Crippen molar-refractivity contribution in [3.05, 3.63) is 29.8 Å². The van der Waals surface area contributed by atoms with Crippen molar-refractivity contribution in [3.8, 4) is 11.5 Å². The highest BCUT2D eigenvalue weighted by molar-refractivity contribution is 5.48. The fourth-order valence-electron chi connectivity index (χ4n) is 2.67. The van der Waals surface area contributed by atoms with E-state index < -0.39 is 0 Å². The van der Waals surface area contributed by atoms with Crippen molar-refractivity contribution in [1.29, 1.82) is 0 Å². The zero-order chi connectivity index (χ0) is 15.4. The van der Waals surface area contributed by atoms with E-state index in [0.717, 1.165) is 17.9 Å². The van der Waals surface area contributed by atoms with Crippen molar-refractivity contribution in [2.75, 3.05) is 6.54 Å². The fraction of sp³-hybridized carbons (Fsp3) is 0.562. The van der Waals surface area contributed by atoms with Gasteiger partial charge in [-0.15, -0.1) is 0 Å². The van der Waals surface area contributed by atoms with Gasteiger partial charge in [0.1, 0.15) is 5.69 Å². The quantitative estimate of drug-likeness (QED) is 0.884. The van der Waals surface area contributed by atoms with Crippen LogP contribution in [0.1, 0.15) is 45.2 Å². The number of aryl methyl sites for hydroxylation is 1. The van der Waals surface area contributed by atoms with Crippen molar-refractivity contribution in [1.82, 2.24) is 20.4 Å². The van der Waals surface area contributed by atoms with E-state index in [-0.39, 0.29) is 12.0 Å². The Labute approximate surface area is 126 Å². The second-order valence-electron chi connectivity index (χ2n) is 5.74. The number of nitrogens with one attached hydrogen (secondary N) is 1. The number of aromatic nitrogens is 3. The summed E-state index contributed by atoms with van der Waals surface area (Å²) in [6, 6.07) is 6.09. The summed E-state index contributed by atoms with van der Waals surface area (Å²) in [6.07, 6.45) is 0. The van der Waals surface area contributed by atoms with Crippen LogP contribution in [0.4, 0.5) is 0 Å². The molecule has 5 heteroatoms. The second kappa shape index (κ2) is 6.80. The predicted molar refractivity (Wildman–Crippen MR) is 83.0 cm³/mol. The van der Waals surface area contributed by atoms with Gasteiger partial charge < -0.3 is 9.84 Å². The Hall–Kier alpha value is -1.75. The third kappa shape index (κ3) is 3.67. The van der Waals surface area contributed by atoms with E-state index >= 15 is 0 Å². The number of rotatable bonds is 6. The lowest BCUT2D eigenvalue weighted by Gasteiger charge is -2.24. The zero-order valence-corrected chi connectivity index (χ0v) is 13.4. The van der Waals surface area contributed by atoms with Gasteiger partial charge in [0.2, 0.25) is 11.7 Å². The minimum Gasteiger partial charge on any atom is -0.339 e. The van der Waals surface area contributed by atoms with Gasteiger partial charge in [0.15, 0.2) is 0 Å². The van der Waals surface area contributed by atoms with Gasteiger partial charge in [-0.3, -0.25) is 0 Å². The van der Waals surface area contributed by atoms with Crippen LogP contribution in [0.5, 0.6) is 0 Å². The average molecular weight is 288 g/mol. The van der Waals surface area contributed by atoms with Crippen molar-refractivity contribution in [2.45, 2.75) is 46.6 Å². The van der Waals surface area contributed by atoms with Crippen LogP contribution in [0.25, 0.3) is 11.5 Å². The van der Waals surface area contributed by atoms with Crippen molar-refractivity contribution in [2.24, 2.45) is 5.92 Å². The van der Waals surface area contributed by atoms with Crippen LogP contribution in [0.3, 0.4) is 0 Å². The molecule has 21 heavy (non-hydrogen) atoms. The molecule has 0 aliphatic heterocycles. The highest BCUT2D eigenvalue weighted by atomic mass is 16.5. The molecular weight excluding hydrogens is 264 g/mol. The van der Waals surface area contributed by atoms with Crippen LogP contribution in [0.15, 0.2) is 22.7 Å². The third-order valence-corrected chi connectivity index (χ3v) is 3.63. The summed E-state index contributed by atoms with van der Waals surface area (Å²) in [7, 11) is 0. The van der Waals surface area contributed by atoms with Gasteiger partial charge in [-0.1, -0.05) is 32.0 Å². The molecule has 114 valence electrons. The second-order valence-corrected chi connectivity index (χ2v) is 5.74. The SMILES string of the molecule is CCNC(C)C(c1nc(-c2cccc(C)n2)no1)C(C)C. The summed E-state index contributed by atoms with van der Waals surface area (Å²) < 4.78 is 5.51. The average Bonchev–Trinajstić information content (AvgIpc) is 2.88. The number of hydrogen-bond acceptors (Lipinski definition) is 5. The summed E-state index contributed by atoms with van der Waals surface area (Å²) in [4.78, 5) is 9.01. The van der Waals surface area contributed by atoms with Crippen LogP contribution in [0.2, 0.25) is 0 Å². The molecule has 2 atom stereocenters. The first-order valence-corrected chi connectivity index (χ1v) is 7.54. The topological polar surface area (TPSA) is 63.8 Å². The number of likely N-dealkylation sites (N-methyl/N-ethyl adjacent to an activating group) is 1. The van der Waals surface area contributed by atoms with E-state index in [4.69, 9.17) is 4.52 Å². The van der Waals surface area contributed by atoms with Crippen LogP contribution < -0.4 is 5.32 Å². The van der Waals surface area contributed by atoms with Crippen molar-refractivity contribution >= 4 is 0 Å². The van der Waals surface area contributed by atoms with Crippen LogP contribution in [0, 0.1) is 12.8 Å². The van der Waals surface area contributed by atoms with E-state index in [1.807, 2.05) is 25.1 Å². The number of pyridine rings is 1. The first-order valence-electron chi connectivity index (χ1n) is 7.54. The van der Waals surface area contributed by atoms with Crippen molar-refractivity contribution < 1.29 is 4.52 Å². The zero-order valence-electron chi connectivity index (χ0n) is 13.4. The number of hydrogen-bond donors (Lipinski definition) is 1. The van der Waals surface area contributed by atoms with E-state index in [9.17, 15) is 0 Å². The van der Waals surface area contributed by atoms with Crippen LogP contribution in [-0.2, 0) is 0 Å². The molecule has 2 heterocycles. The summed E-state index contributed by atoms with van der Waals surface area (Å²) in [5, 5.41) is 7.54. The molecule has 0 saturated heterocycles. The first kappa shape index (κ1) is 15.6. The molecule has 2 aromatic heterocycles. The molecule has 0 aliphatic carbocycles. The van der Waals surface area contributed by atoms with Gasteiger partial charge in [0.05, 0.1) is 5.92 Å². The van der Waals surface area contributed by atoms with E-state index in [1.165, 1.54) is 0 Å². The molecule has 0 amide bonds. The lowest BCUT2D eigenvalue weighted by molar-refractivity contribution is 0.281. The monoisotopic (exact) mass is 288 g/mol. The first-order chi connectivity index (χ1) is 10.0. The van der Waals surface area contributed by atoms with E-state index in [2.05, 4.69) is 48.1 Å². The smallest absolute Gasteiger partial charge is 0.231 e. The third-order valence-electron chi connectivity index (χ3n) is 3.63. The normalized spacial score (nSPS) is 14.4. The van der Waals surface area contributed by atoms with E-state index in [0.29, 0.717) is 17.6 Å². The Morgan fingerprint density at radius 2 is 1.95 bits per heavy atom. The van der Waals surface area contributed by atoms with Gasteiger partial charge in [-0.2, -0.15) is 4.98 Å². The Morgan fingerprint density at radius 3 is 2.57 bits per heavy atom. The molecule has 0 radical (unpaired) electrons. The molecule has 5 nitrogen and oxygen atoms in total. The van der Waals surface area contributed by atoms with Gasteiger partial charge in [-0.05, 0) is 38.4 Å². The molecule has 0 fully saturated rings. The number of nitrogens with zero attached hydrogens (tertiary/aromatic N) is 3. The molecule has 0 spiro atoms. The fourth-order valence-corrected chi connectivity index (χ4v) is 2.67. The van der Waals surface area contributed by atoms with Crippen molar-refractivity contribution in [3.63, 3.8) is 0 Å². The molecule has 0 aromatic carbocycles. The highest BCUT2D eigenvalue weighted by Gasteiger charge is 2.28. The summed E-state index contributed by atoms with van der Waals surface area (Å²) in [5.41, 5.74) is 1.70. The molecule has 2 unspecified atom stereocenters. The minimum absolute atomic E-state index is 0.191. The molecule has 2 aromatic rings. The molecule has 0 bridgehead atoms. The maximum absolute atomic E-state index is 5.51. The highest BCUT2D eigenvalue weighted by Crippen LogP contribution is 2.28.